The van der Waals surface area contributed by atoms with Crippen LogP contribution in [0.25, 0.3) is 5.65 Å². The number of pyridine rings is 1. The van der Waals surface area contributed by atoms with Crippen molar-refractivity contribution in [3.05, 3.63) is 30.2 Å². The molecule has 7 nitrogen and oxygen atoms in total. The number of aliphatic imine (C=N–C) groups is 1. The minimum atomic E-state index is 0. The van der Waals surface area contributed by atoms with E-state index in [2.05, 4.69) is 34.7 Å². The molecule has 0 amide bonds. The van der Waals surface area contributed by atoms with Crippen LogP contribution in [0.15, 0.2) is 29.4 Å². The fourth-order valence-electron chi connectivity index (χ4n) is 4.52. The number of hydrogen-bond acceptors (Lipinski definition) is 4. The molecule has 160 valence electrons. The molecule has 2 aliphatic rings. The SMILES string of the molecule is CN=C(NCCCc1nnc2ccccn12)N1CCC(CN2CCCCC2)C1.I. The lowest BCUT2D eigenvalue weighted by Gasteiger charge is -2.29. The molecule has 8 heteroatoms. The Labute approximate surface area is 191 Å². The van der Waals surface area contributed by atoms with E-state index in [1.165, 1.54) is 45.3 Å². The third-order valence-electron chi connectivity index (χ3n) is 6.01. The molecule has 2 aliphatic heterocycles. The van der Waals surface area contributed by atoms with Gasteiger partial charge in [0.05, 0.1) is 0 Å². The largest absolute Gasteiger partial charge is 0.356 e. The van der Waals surface area contributed by atoms with Crippen molar-refractivity contribution in [3.8, 4) is 0 Å². The zero-order valence-corrected chi connectivity index (χ0v) is 19.8. The van der Waals surface area contributed by atoms with Crippen LogP contribution >= 0.6 is 24.0 Å². The second-order valence-electron chi connectivity index (χ2n) is 8.08. The fraction of sp³-hybridized carbons (Fsp3) is 0.667. The van der Waals surface area contributed by atoms with Crippen molar-refractivity contribution in [1.29, 1.82) is 0 Å². The summed E-state index contributed by atoms with van der Waals surface area (Å²) >= 11 is 0. The molecule has 2 fully saturated rings. The van der Waals surface area contributed by atoms with E-state index in [0.29, 0.717) is 0 Å². The van der Waals surface area contributed by atoms with E-state index in [1.807, 2.05) is 31.4 Å². The average Bonchev–Trinajstić information content (AvgIpc) is 3.36. The van der Waals surface area contributed by atoms with Crippen LogP contribution in [0.4, 0.5) is 0 Å². The molecular formula is C21H34IN7. The fourth-order valence-corrected chi connectivity index (χ4v) is 4.52. The van der Waals surface area contributed by atoms with Crippen molar-refractivity contribution in [1.82, 2.24) is 29.7 Å². The number of hydrogen-bond donors (Lipinski definition) is 1. The van der Waals surface area contributed by atoms with Crippen LogP contribution in [0.1, 0.15) is 37.9 Å². The second kappa shape index (κ2) is 11.1. The first-order valence-corrected chi connectivity index (χ1v) is 10.8. The van der Waals surface area contributed by atoms with Gasteiger partial charge in [-0.2, -0.15) is 0 Å². The molecule has 0 saturated carbocycles. The zero-order valence-electron chi connectivity index (χ0n) is 17.5. The number of piperidine rings is 1. The number of likely N-dealkylation sites (tertiary alicyclic amines) is 2. The minimum absolute atomic E-state index is 0. The molecule has 4 heterocycles. The van der Waals surface area contributed by atoms with Crippen LogP contribution < -0.4 is 5.32 Å². The van der Waals surface area contributed by atoms with Crippen LogP contribution in [0, 0.1) is 5.92 Å². The summed E-state index contributed by atoms with van der Waals surface area (Å²) in [6, 6.07) is 6.01. The number of rotatable bonds is 6. The topological polar surface area (TPSA) is 61.1 Å². The molecule has 0 aliphatic carbocycles. The number of aromatic nitrogens is 3. The monoisotopic (exact) mass is 511 g/mol. The Bertz CT molecular complexity index is 784. The highest BCUT2D eigenvalue weighted by molar-refractivity contribution is 14.0. The van der Waals surface area contributed by atoms with Gasteiger partial charge in [0.25, 0.3) is 0 Å². The van der Waals surface area contributed by atoms with Crippen molar-refractivity contribution in [2.75, 3.05) is 46.3 Å². The standard InChI is InChI=1S/C21H33N7.HI/c1-22-21(27-15-10-18(17-27)16-26-12-4-2-5-13-26)23-11-7-9-20-25-24-19-8-3-6-14-28(19)20;/h3,6,8,14,18H,2,4-5,7,9-13,15-17H2,1H3,(H,22,23);1H. The quantitative estimate of drug-likeness (QED) is 0.280. The van der Waals surface area contributed by atoms with Crippen molar-refractivity contribution in [2.24, 2.45) is 10.9 Å². The summed E-state index contributed by atoms with van der Waals surface area (Å²) in [7, 11) is 1.90. The van der Waals surface area contributed by atoms with Gasteiger partial charge in [0.1, 0.15) is 5.82 Å². The summed E-state index contributed by atoms with van der Waals surface area (Å²) in [6.07, 6.45) is 9.40. The minimum Gasteiger partial charge on any atom is -0.356 e. The van der Waals surface area contributed by atoms with Crippen molar-refractivity contribution in [3.63, 3.8) is 0 Å². The third kappa shape index (κ3) is 5.81. The summed E-state index contributed by atoms with van der Waals surface area (Å²) in [5.74, 6) is 2.85. The predicted octanol–water partition coefficient (Wildman–Crippen LogP) is 2.66. The maximum atomic E-state index is 4.52. The summed E-state index contributed by atoms with van der Waals surface area (Å²) in [6.45, 7) is 6.99. The first kappa shape index (κ1) is 22.3. The average molecular weight is 511 g/mol. The van der Waals surface area contributed by atoms with E-state index in [-0.39, 0.29) is 24.0 Å². The van der Waals surface area contributed by atoms with Crippen LogP contribution in [-0.2, 0) is 6.42 Å². The lowest BCUT2D eigenvalue weighted by atomic mass is 10.1. The van der Waals surface area contributed by atoms with E-state index < -0.39 is 0 Å². The lowest BCUT2D eigenvalue weighted by molar-refractivity contribution is 0.198. The molecule has 1 N–H and O–H groups in total. The molecule has 0 aromatic carbocycles. The van der Waals surface area contributed by atoms with Gasteiger partial charge >= 0.3 is 0 Å². The van der Waals surface area contributed by atoms with Crippen LogP contribution in [0.5, 0.6) is 0 Å². The maximum Gasteiger partial charge on any atom is 0.193 e. The normalized spacial score (nSPS) is 20.8. The summed E-state index contributed by atoms with van der Waals surface area (Å²) in [5.41, 5.74) is 0.915. The number of nitrogens with one attached hydrogen (secondary N) is 1. The van der Waals surface area contributed by atoms with Crippen LogP contribution in [-0.4, -0.2) is 76.7 Å². The Balaban J connectivity index is 0.00000240. The Morgan fingerprint density at radius 1 is 1.17 bits per heavy atom. The van der Waals surface area contributed by atoms with Crippen molar-refractivity contribution >= 4 is 35.6 Å². The summed E-state index contributed by atoms with van der Waals surface area (Å²) in [5, 5.41) is 12.1. The molecule has 29 heavy (non-hydrogen) atoms. The molecule has 2 aromatic heterocycles. The Morgan fingerprint density at radius 3 is 2.86 bits per heavy atom. The van der Waals surface area contributed by atoms with Gasteiger partial charge < -0.3 is 15.1 Å². The maximum absolute atomic E-state index is 4.52. The van der Waals surface area contributed by atoms with Gasteiger partial charge in [-0.05, 0) is 56.8 Å². The van der Waals surface area contributed by atoms with Crippen LogP contribution in [0.2, 0.25) is 0 Å². The van der Waals surface area contributed by atoms with Gasteiger partial charge in [0, 0.05) is 45.8 Å². The third-order valence-corrected chi connectivity index (χ3v) is 6.01. The van der Waals surface area contributed by atoms with E-state index in [1.54, 1.807) is 0 Å². The molecule has 2 saturated heterocycles. The van der Waals surface area contributed by atoms with Crippen LogP contribution in [0.3, 0.4) is 0 Å². The van der Waals surface area contributed by atoms with E-state index >= 15 is 0 Å². The molecule has 0 spiro atoms. The summed E-state index contributed by atoms with van der Waals surface area (Å²) < 4.78 is 2.07. The molecule has 0 bridgehead atoms. The van der Waals surface area contributed by atoms with Gasteiger partial charge in [-0.25, -0.2) is 0 Å². The Morgan fingerprint density at radius 2 is 2.03 bits per heavy atom. The van der Waals surface area contributed by atoms with Crippen molar-refractivity contribution in [2.45, 2.75) is 38.5 Å². The highest BCUT2D eigenvalue weighted by atomic mass is 127. The van der Waals surface area contributed by atoms with E-state index in [4.69, 9.17) is 0 Å². The van der Waals surface area contributed by atoms with Gasteiger partial charge in [-0.3, -0.25) is 9.39 Å². The Kier molecular flexibility index (Phi) is 8.53. The molecule has 0 radical (unpaired) electrons. The first-order valence-electron chi connectivity index (χ1n) is 10.8. The molecule has 1 unspecified atom stereocenters. The van der Waals surface area contributed by atoms with Gasteiger partial charge in [-0.15, -0.1) is 34.2 Å². The van der Waals surface area contributed by atoms with Gasteiger partial charge in [0.15, 0.2) is 11.6 Å². The first-order chi connectivity index (χ1) is 13.8. The van der Waals surface area contributed by atoms with E-state index in [9.17, 15) is 0 Å². The van der Waals surface area contributed by atoms with Gasteiger partial charge in [-0.1, -0.05) is 12.5 Å². The molecule has 2 aromatic rings. The number of aryl methyl sites for hydroxylation is 1. The van der Waals surface area contributed by atoms with Crippen molar-refractivity contribution < 1.29 is 0 Å². The number of halogens is 1. The highest BCUT2D eigenvalue weighted by Gasteiger charge is 2.26. The molecular weight excluding hydrogens is 477 g/mol. The number of fused-ring (bicyclic) bond motifs is 1. The number of guanidine groups is 1. The summed E-state index contributed by atoms with van der Waals surface area (Å²) in [4.78, 5) is 9.62. The second-order valence-corrected chi connectivity index (χ2v) is 8.08. The zero-order chi connectivity index (χ0) is 19.2. The van der Waals surface area contributed by atoms with E-state index in [0.717, 1.165) is 55.8 Å². The Hall–Kier alpha value is -1.42. The molecule has 1 atom stereocenters. The smallest absolute Gasteiger partial charge is 0.193 e. The molecule has 4 rings (SSSR count). The predicted molar refractivity (Wildman–Crippen MR) is 128 cm³/mol. The highest BCUT2D eigenvalue weighted by Crippen LogP contribution is 2.19. The van der Waals surface area contributed by atoms with Gasteiger partial charge in [0.2, 0.25) is 0 Å². The number of nitrogens with zero attached hydrogens (tertiary/aromatic N) is 6. The lowest BCUT2D eigenvalue weighted by Crippen LogP contribution is -2.41.